The molecule has 0 spiro atoms. The number of carbonyl (C=O) groups excluding carboxylic acids is 1. The molecule has 0 amide bonds. The van der Waals surface area contributed by atoms with Crippen molar-refractivity contribution in [3.8, 4) is 5.75 Å². The van der Waals surface area contributed by atoms with Gasteiger partial charge in [0.05, 0.1) is 10.3 Å². The molecule has 0 radical (unpaired) electrons. The molecular weight excluding hydrogens is 389 g/mol. The lowest BCUT2D eigenvalue weighted by molar-refractivity contribution is 0.0994. The Morgan fingerprint density at radius 1 is 1.22 bits per heavy atom. The van der Waals surface area contributed by atoms with Crippen LogP contribution in [0.4, 0.5) is 4.39 Å². The Bertz CT molecular complexity index is 946. The number of nitrogens with zero attached hydrogens (tertiary/aromatic N) is 3. The number of thioether (sulfide) groups is 1. The Hall–Kier alpha value is -2.38. The summed E-state index contributed by atoms with van der Waals surface area (Å²) in [5.74, 6) is 0.704. The predicted octanol–water partition coefficient (Wildman–Crippen LogP) is 4.55. The number of benzene rings is 2. The highest BCUT2D eigenvalue weighted by atomic mass is 35.5. The van der Waals surface area contributed by atoms with Gasteiger partial charge in [0.1, 0.15) is 18.2 Å². The van der Waals surface area contributed by atoms with Gasteiger partial charge in [-0.1, -0.05) is 35.5 Å². The minimum Gasteiger partial charge on any atom is -0.484 e. The van der Waals surface area contributed by atoms with Gasteiger partial charge in [-0.3, -0.25) is 4.79 Å². The molecule has 140 valence electrons. The second-order valence-electron chi connectivity index (χ2n) is 5.81. The van der Waals surface area contributed by atoms with Gasteiger partial charge in [-0.2, -0.15) is 0 Å². The smallest absolute Gasteiger partial charge is 0.191 e. The van der Waals surface area contributed by atoms with Gasteiger partial charge in [-0.15, -0.1) is 10.2 Å². The highest BCUT2D eigenvalue weighted by molar-refractivity contribution is 8.00. The zero-order valence-corrected chi connectivity index (χ0v) is 16.3. The number of carbonyl (C=O) groups is 1. The molecule has 0 aliphatic carbocycles. The van der Waals surface area contributed by atoms with Crippen LogP contribution in [-0.2, 0) is 13.7 Å². The molecule has 0 unspecified atom stereocenters. The van der Waals surface area contributed by atoms with Crippen LogP contribution in [0.25, 0.3) is 0 Å². The summed E-state index contributed by atoms with van der Waals surface area (Å²) in [5.41, 5.74) is 0.459. The molecule has 1 heterocycles. The van der Waals surface area contributed by atoms with Crippen molar-refractivity contribution in [2.24, 2.45) is 7.05 Å². The van der Waals surface area contributed by atoms with Crippen molar-refractivity contribution in [3.05, 3.63) is 70.8 Å². The monoisotopic (exact) mass is 405 g/mol. The fourth-order valence-electron chi connectivity index (χ4n) is 2.34. The molecule has 1 atom stereocenters. The van der Waals surface area contributed by atoms with Crippen LogP contribution in [0.5, 0.6) is 5.75 Å². The van der Waals surface area contributed by atoms with Crippen molar-refractivity contribution in [3.63, 3.8) is 0 Å². The van der Waals surface area contributed by atoms with Crippen LogP contribution >= 0.6 is 23.4 Å². The van der Waals surface area contributed by atoms with Crippen molar-refractivity contribution < 1.29 is 13.9 Å². The predicted molar refractivity (Wildman–Crippen MR) is 103 cm³/mol. The highest BCUT2D eigenvalue weighted by Crippen LogP contribution is 2.26. The molecule has 0 saturated carbocycles. The third kappa shape index (κ3) is 4.67. The Balaban J connectivity index is 1.65. The van der Waals surface area contributed by atoms with Crippen molar-refractivity contribution in [2.75, 3.05) is 0 Å². The van der Waals surface area contributed by atoms with E-state index in [1.165, 1.54) is 36.0 Å². The molecule has 0 saturated heterocycles. The van der Waals surface area contributed by atoms with Gasteiger partial charge in [0.2, 0.25) is 0 Å². The SMILES string of the molecule is C[C@H](Sc1nnc(COc2ccccc2Cl)n1C)C(=O)c1ccc(F)cc1. The quantitative estimate of drug-likeness (QED) is 0.426. The molecule has 0 N–H and O–H groups in total. The maximum absolute atomic E-state index is 13.0. The van der Waals surface area contributed by atoms with E-state index in [2.05, 4.69) is 10.2 Å². The molecule has 0 fully saturated rings. The van der Waals surface area contributed by atoms with E-state index in [4.69, 9.17) is 16.3 Å². The Morgan fingerprint density at radius 3 is 2.63 bits per heavy atom. The third-order valence-corrected chi connectivity index (χ3v) is 5.34. The summed E-state index contributed by atoms with van der Waals surface area (Å²) in [4.78, 5) is 12.5. The summed E-state index contributed by atoms with van der Waals surface area (Å²) >= 11 is 7.36. The summed E-state index contributed by atoms with van der Waals surface area (Å²) in [6, 6.07) is 12.7. The number of para-hydroxylation sites is 1. The van der Waals surface area contributed by atoms with Gasteiger partial charge in [-0.25, -0.2) is 4.39 Å². The van der Waals surface area contributed by atoms with Gasteiger partial charge in [0, 0.05) is 12.6 Å². The number of halogens is 2. The first-order chi connectivity index (χ1) is 13.0. The van der Waals surface area contributed by atoms with Crippen LogP contribution in [0, 0.1) is 5.82 Å². The van der Waals surface area contributed by atoms with E-state index in [1.54, 1.807) is 23.6 Å². The number of aromatic nitrogens is 3. The first-order valence-corrected chi connectivity index (χ1v) is 9.43. The number of hydrogen-bond donors (Lipinski definition) is 0. The van der Waals surface area contributed by atoms with Crippen LogP contribution < -0.4 is 4.74 Å². The molecule has 0 aliphatic rings. The van der Waals surface area contributed by atoms with Crippen molar-refractivity contribution in [1.29, 1.82) is 0 Å². The molecular formula is C19H17ClFN3O2S. The third-order valence-electron chi connectivity index (χ3n) is 3.90. The van der Waals surface area contributed by atoms with E-state index in [-0.39, 0.29) is 18.2 Å². The Kier molecular flexibility index (Phi) is 6.13. The largest absolute Gasteiger partial charge is 0.484 e. The van der Waals surface area contributed by atoms with Crippen LogP contribution in [0.15, 0.2) is 53.7 Å². The summed E-state index contributed by atoms with van der Waals surface area (Å²) in [5, 5.41) is 8.97. The number of hydrogen-bond acceptors (Lipinski definition) is 5. The van der Waals surface area contributed by atoms with Crippen LogP contribution in [0.2, 0.25) is 5.02 Å². The van der Waals surface area contributed by atoms with Crippen molar-refractivity contribution in [2.45, 2.75) is 23.9 Å². The topological polar surface area (TPSA) is 57.0 Å². The standard InChI is InChI=1S/C19H17ClFN3O2S/c1-12(18(25)13-7-9-14(21)10-8-13)27-19-23-22-17(24(19)2)11-26-16-6-4-3-5-15(16)20/h3-10,12H,11H2,1-2H3/t12-/m0/s1. The van der Waals surface area contributed by atoms with Crippen LogP contribution in [0.3, 0.4) is 0 Å². The molecule has 0 bridgehead atoms. The second-order valence-corrected chi connectivity index (χ2v) is 7.52. The van der Waals surface area contributed by atoms with E-state index in [1.807, 2.05) is 19.2 Å². The normalized spacial score (nSPS) is 12.0. The lowest BCUT2D eigenvalue weighted by atomic mass is 10.1. The first kappa shape index (κ1) is 19.4. The lowest BCUT2D eigenvalue weighted by Crippen LogP contribution is -2.14. The molecule has 3 rings (SSSR count). The summed E-state index contributed by atoms with van der Waals surface area (Å²) in [6.07, 6.45) is 0. The minimum absolute atomic E-state index is 0.100. The zero-order valence-electron chi connectivity index (χ0n) is 14.7. The zero-order chi connectivity index (χ0) is 19.4. The molecule has 27 heavy (non-hydrogen) atoms. The number of Topliss-reactive ketones (excluding diaryl/α,β-unsaturated/α-hetero) is 1. The fourth-order valence-corrected chi connectivity index (χ4v) is 3.44. The van der Waals surface area contributed by atoms with Gasteiger partial charge in [-0.05, 0) is 43.3 Å². The average molecular weight is 406 g/mol. The number of ketones is 1. The maximum atomic E-state index is 13.0. The Morgan fingerprint density at radius 2 is 1.93 bits per heavy atom. The number of ether oxygens (including phenoxy) is 1. The molecule has 8 heteroatoms. The molecule has 2 aromatic carbocycles. The van der Waals surface area contributed by atoms with Crippen LogP contribution in [0.1, 0.15) is 23.1 Å². The van der Waals surface area contributed by atoms with E-state index < -0.39 is 5.25 Å². The van der Waals surface area contributed by atoms with E-state index in [0.717, 1.165) is 0 Å². The second kappa shape index (κ2) is 8.54. The summed E-state index contributed by atoms with van der Waals surface area (Å²) in [7, 11) is 1.81. The molecule has 1 aromatic heterocycles. The van der Waals surface area contributed by atoms with E-state index in [0.29, 0.717) is 27.3 Å². The van der Waals surface area contributed by atoms with Gasteiger partial charge >= 0.3 is 0 Å². The molecule has 0 aliphatic heterocycles. The Labute approximate surface area is 165 Å². The fraction of sp³-hybridized carbons (Fsp3) is 0.211. The van der Waals surface area contributed by atoms with E-state index in [9.17, 15) is 9.18 Å². The minimum atomic E-state index is -0.393. The maximum Gasteiger partial charge on any atom is 0.191 e. The van der Waals surface area contributed by atoms with E-state index >= 15 is 0 Å². The summed E-state index contributed by atoms with van der Waals surface area (Å²) in [6.45, 7) is 1.99. The van der Waals surface area contributed by atoms with Gasteiger partial charge in [0.15, 0.2) is 16.8 Å². The van der Waals surface area contributed by atoms with Gasteiger partial charge in [0.25, 0.3) is 0 Å². The molecule has 3 aromatic rings. The number of rotatable bonds is 7. The highest BCUT2D eigenvalue weighted by Gasteiger charge is 2.20. The van der Waals surface area contributed by atoms with Crippen molar-refractivity contribution in [1.82, 2.24) is 14.8 Å². The average Bonchev–Trinajstić information content (AvgIpc) is 3.01. The van der Waals surface area contributed by atoms with Gasteiger partial charge < -0.3 is 9.30 Å². The summed E-state index contributed by atoms with van der Waals surface area (Å²) < 4.78 is 20.5. The first-order valence-electron chi connectivity index (χ1n) is 8.17. The van der Waals surface area contributed by atoms with Crippen LogP contribution in [-0.4, -0.2) is 25.8 Å². The lowest BCUT2D eigenvalue weighted by Gasteiger charge is -2.10. The van der Waals surface area contributed by atoms with Crippen molar-refractivity contribution >= 4 is 29.1 Å². The molecule has 5 nitrogen and oxygen atoms in total.